The van der Waals surface area contributed by atoms with Crippen LogP contribution in [0.4, 0.5) is 5.69 Å². The van der Waals surface area contributed by atoms with Gasteiger partial charge < -0.3 is 16.4 Å². The molecule has 0 bridgehead atoms. The molecular weight excluding hydrogens is 238 g/mol. The van der Waals surface area contributed by atoms with Crippen LogP contribution in [0.2, 0.25) is 5.02 Å². The minimum atomic E-state index is -0.733. The number of carbonyl (C=O) groups is 1. The van der Waals surface area contributed by atoms with Gasteiger partial charge in [-0.3, -0.25) is 4.79 Å². The van der Waals surface area contributed by atoms with Crippen molar-refractivity contribution in [2.24, 2.45) is 5.73 Å². The van der Waals surface area contributed by atoms with Crippen molar-refractivity contribution in [3.05, 3.63) is 29.3 Å². The standard InChI is InChI=1S/C12H16ClN3O/c13-9-4-1-2-5-10(9)16-12(11(14)17)6-3-7-15-8-12/h1-2,4-5,15-16H,3,6-8H2,(H2,14,17). The maximum Gasteiger partial charge on any atom is 0.244 e. The molecule has 1 fully saturated rings. The average Bonchev–Trinajstić information content (AvgIpc) is 2.33. The minimum absolute atomic E-state index is 0.343. The summed E-state index contributed by atoms with van der Waals surface area (Å²) < 4.78 is 0. The molecule has 4 nitrogen and oxygen atoms in total. The fourth-order valence-electron chi connectivity index (χ4n) is 2.10. The van der Waals surface area contributed by atoms with Crippen molar-refractivity contribution >= 4 is 23.2 Å². The van der Waals surface area contributed by atoms with Crippen LogP contribution in [0.15, 0.2) is 24.3 Å². The average molecular weight is 254 g/mol. The largest absolute Gasteiger partial charge is 0.369 e. The number of hydrogen-bond acceptors (Lipinski definition) is 3. The minimum Gasteiger partial charge on any atom is -0.369 e. The molecule has 5 heteroatoms. The Kier molecular flexibility index (Phi) is 3.54. The molecule has 1 atom stereocenters. The highest BCUT2D eigenvalue weighted by Gasteiger charge is 2.38. The van der Waals surface area contributed by atoms with Gasteiger partial charge in [0.1, 0.15) is 5.54 Å². The number of carbonyl (C=O) groups excluding carboxylic acids is 1. The van der Waals surface area contributed by atoms with E-state index >= 15 is 0 Å². The van der Waals surface area contributed by atoms with E-state index in [2.05, 4.69) is 10.6 Å². The van der Waals surface area contributed by atoms with Gasteiger partial charge in [0.15, 0.2) is 0 Å². The number of para-hydroxylation sites is 1. The van der Waals surface area contributed by atoms with Gasteiger partial charge in [-0.1, -0.05) is 23.7 Å². The zero-order valence-electron chi connectivity index (χ0n) is 9.50. The highest BCUT2D eigenvalue weighted by Crippen LogP contribution is 2.27. The lowest BCUT2D eigenvalue weighted by atomic mass is 9.89. The SMILES string of the molecule is NC(=O)C1(Nc2ccccc2Cl)CCCNC1. The van der Waals surface area contributed by atoms with E-state index in [9.17, 15) is 4.79 Å². The van der Waals surface area contributed by atoms with Crippen LogP contribution in [0.25, 0.3) is 0 Å². The third kappa shape index (κ3) is 2.53. The molecule has 17 heavy (non-hydrogen) atoms. The van der Waals surface area contributed by atoms with Crippen LogP contribution in [-0.2, 0) is 4.79 Å². The molecule has 1 heterocycles. The van der Waals surface area contributed by atoms with Crippen LogP contribution in [0.1, 0.15) is 12.8 Å². The summed E-state index contributed by atoms with van der Waals surface area (Å²) in [5.74, 6) is -0.343. The van der Waals surface area contributed by atoms with Gasteiger partial charge in [0.05, 0.1) is 10.7 Å². The number of anilines is 1. The van der Waals surface area contributed by atoms with E-state index in [1.165, 1.54) is 0 Å². The Labute approximate surface area is 106 Å². The van der Waals surface area contributed by atoms with Gasteiger partial charge in [-0.05, 0) is 31.5 Å². The van der Waals surface area contributed by atoms with E-state index < -0.39 is 5.54 Å². The second kappa shape index (κ2) is 4.94. The number of nitrogens with one attached hydrogen (secondary N) is 2. The number of nitrogens with two attached hydrogens (primary N) is 1. The first-order chi connectivity index (χ1) is 8.14. The van der Waals surface area contributed by atoms with Gasteiger partial charge in [-0.2, -0.15) is 0 Å². The van der Waals surface area contributed by atoms with Crippen molar-refractivity contribution in [1.82, 2.24) is 5.32 Å². The van der Waals surface area contributed by atoms with Crippen LogP contribution in [0.5, 0.6) is 0 Å². The van der Waals surface area contributed by atoms with Gasteiger partial charge in [-0.25, -0.2) is 0 Å². The van der Waals surface area contributed by atoms with Crippen molar-refractivity contribution < 1.29 is 4.79 Å². The van der Waals surface area contributed by atoms with Crippen molar-refractivity contribution in [1.29, 1.82) is 0 Å². The number of primary amides is 1. The monoisotopic (exact) mass is 253 g/mol. The molecule has 1 saturated heterocycles. The van der Waals surface area contributed by atoms with E-state index in [1.807, 2.05) is 18.2 Å². The van der Waals surface area contributed by atoms with Crippen LogP contribution in [-0.4, -0.2) is 24.5 Å². The predicted molar refractivity (Wildman–Crippen MR) is 69.1 cm³/mol. The Hall–Kier alpha value is -1.26. The summed E-state index contributed by atoms with van der Waals surface area (Å²) in [7, 11) is 0. The first-order valence-electron chi connectivity index (χ1n) is 5.67. The maximum atomic E-state index is 11.7. The normalized spacial score (nSPS) is 24.3. The number of rotatable bonds is 3. The summed E-state index contributed by atoms with van der Waals surface area (Å²) in [6.07, 6.45) is 1.64. The molecule has 0 aromatic heterocycles. The Morgan fingerprint density at radius 2 is 2.24 bits per heavy atom. The van der Waals surface area contributed by atoms with Gasteiger partial charge in [0, 0.05) is 6.54 Å². The Morgan fingerprint density at radius 1 is 1.47 bits per heavy atom. The third-order valence-corrected chi connectivity index (χ3v) is 3.43. The molecule has 1 unspecified atom stereocenters. The topological polar surface area (TPSA) is 67.2 Å². The molecule has 92 valence electrons. The molecule has 0 aliphatic carbocycles. The van der Waals surface area contributed by atoms with Crippen LogP contribution in [0.3, 0.4) is 0 Å². The molecule has 0 saturated carbocycles. The molecule has 1 aliphatic heterocycles. The van der Waals surface area contributed by atoms with Crippen molar-refractivity contribution in [3.63, 3.8) is 0 Å². The predicted octanol–water partition coefficient (Wildman–Crippen LogP) is 1.36. The first-order valence-corrected chi connectivity index (χ1v) is 6.05. The molecule has 0 spiro atoms. The summed E-state index contributed by atoms with van der Waals surface area (Å²) in [5.41, 5.74) is 5.53. The van der Waals surface area contributed by atoms with E-state index in [0.717, 1.165) is 25.1 Å². The molecule has 1 aliphatic rings. The summed E-state index contributed by atoms with van der Waals surface area (Å²) in [4.78, 5) is 11.7. The highest BCUT2D eigenvalue weighted by atomic mass is 35.5. The number of piperidine rings is 1. The second-order valence-corrected chi connectivity index (χ2v) is 4.74. The van der Waals surface area contributed by atoms with Gasteiger partial charge in [0.2, 0.25) is 5.91 Å². The molecule has 2 rings (SSSR count). The zero-order chi connectivity index (χ0) is 12.3. The molecular formula is C12H16ClN3O. The molecule has 0 radical (unpaired) electrons. The fraction of sp³-hybridized carbons (Fsp3) is 0.417. The number of halogens is 1. The number of benzene rings is 1. The maximum absolute atomic E-state index is 11.7. The highest BCUT2D eigenvalue weighted by molar-refractivity contribution is 6.33. The first kappa shape index (κ1) is 12.2. The van der Waals surface area contributed by atoms with E-state index in [4.69, 9.17) is 17.3 Å². The Morgan fingerprint density at radius 3 is 2.82 bits per heavy atom. The fourth-order valence-corrected chi connectivity index (χ4v) is 2.29. The van der Waals surface area contributed by atoms with E-state index in [-0.39, 0.29) is 5.91 Å². The molecule has 4 N–H and O–H groups in total. The number of hydrogen-bond donors (Lipinski definition) is 3. The Balaban J connectivity index is 2.24. The van der Waals surface area contributed by atoms with E-state index in [0.29, 0.717) is 11.6 Å². The molecule has 1 aromatic rings. The van der Waals surface area contributed by atoms with Crippen LogP contribution >= 0.6 is 11.6 Å². The molecule has 1 aromatic carbocycles. The van der Waals surface area contributed by atoms with E-state index in [1.54, 1.807) is 6.07 Å². The third-order valence-electron chi connectivity index (χ3n) is 3.10. The quantitative estimate of drug-likeness (QED) is 0.762. The summed E-state index contributed by atoms with van der Waals surface area (Å²) >= 11 is 6.08. The summed E-state index contributed by atoms with van der Waals surface area (Å²) in [5, 5.41) is 6.98. The Bertz CT molecular complexity index is 416. The van der Waals surface area contributed by atoms with Crippen molar-refractivity contribution in [2.45, 2.75) is 18.4 Å². The number of amides is 1. The van der Waals surface area contributed by atoms with Crippen LogP contribution in [0, 0.1) is 0 Å². The lowest BCUT2D eigenvalue weighted by Crippen LogP contribution is -2.59. The summed E-state index contributed by atoms with van der Waals surface area (Å²) in [6, 6.07) is 7.36. The van der Waals surface area contributed by atoms with Gasteiger partial charge in [-0.15, -0.1) is 0 Å². The van der Waals surface area contributed by atoms with Crippen molar-refractivity contribution in [2.75, 3.05) is 18.4 Å². The van der Waals surface area contributed by atoms with Crippen molar-refractivity contribution in [3.8, 4) is 0 Å². The zero-order valence-corrected chi connectivity index (χ0v) is 10.3. The van der Waals surface area contributed by atoms with Crippen LogP contribution < -0.4 is 16.4 Å². The van der Waals surface area contributed by atoms with Gasteiger partial charge in [0.25, 0.3) is 0 Å². The molecule has 1 amide bonds. The lowest BCUT2D eigenvalue weighted by Gasteiger charge is -2.36. The lowest BCUT2D eigenvalue weighted by molar-refractivity contribution is -0.122. The second-order valence-electron chi connectivity index (χ2n) is 4.33. The van der Waals surface area contributed by atoms with Gasteiger partial charge >= 0.3 is 0 Å². The summed E-state index contributed by atoms with van der Waals surface area (Å²) in [6.45, 7) is 1.45. The smallest absolute Gasteiger partial charge is 0.244 e.